The maximum Gasteiger partial charge on any atom is 0.247 e. The molecule has 2 atom stereocenters. The Morgan fingerprint density at radius 3 is 2.75 bits per heavy atom. The molecule has 3 aromatic rings. The van der Waals surface area contributed by atoms with Crippen molar-refractivity contribution in [3.63, 3.8) is 0 Å². The Morgan fingerprint density at radius 2 is 2.00 bits per heavy atom. The van der Waals surface area contributed by atoms with Crippen LogP contribution < -0.4 is 16.0 Å². The van der Waals surface area contributed by atoms with Crippen molar-refractivity contribution in [2.75, 3.05) is 16.0 Å². The Morgan fingerprint density at radius 1 is 1.21 bits per heavy atom. The molecule has 9 heteroatoms. The highest BCUT2D eigenvalue weighted by Crippen LogP contribution is 2.36. The first-order valence-corrected chi connectivity index (χ1v) is 9.98. The van der Waals surface area contributed by atoms with Crippen LogP contribution in [0.3, 0.4) is 0 Å². The molecule has 0 radical (unpaired) electrons. The van der Waals surface area contributed by atoms with E-state index in [-0.39, 0.29) is 17.9 Å². The van der Waals surface area contributed by atoms with Gasteiger partial charge in [-0.3, -0.25) is 4.79 Å². The van der Waals surface area contributed by atoms with Crippen molar-refractivity contribution in [2.45, 2.75) is 33.2 Å². The summed E-state index contributed by atoms with van der Waals surface area (Å²) in [5, 5.41) is 19.2. The highest BCUT2D eigenvalue weighted by molar-refractivity contribution is 7.18. The molecule has 1 amide bonds. The topological polar surface area (TPSA) is 105 Å². The summed E-state index contributed by atoms with van der Waals surface area (Å²) in [5.41, 5.74) is 1.53. The number of benzene rings is 1. The molecule has 0 fully saturated rings. The Balaban J connectivity index is 1.63. The number of hydrogen-bond donors (Lipinski definition) is 3. The number of amides is 1. The molecule has 3 heterocycles. The van der Waals surface area contributed by atoms with E-state index in [1.54, 1.807) is 0 Å². The van der Waals surface area contributed by atoms with Crippen LogP contribution in [0.4, 0.5) is 22.5 Å². The van der Waals surface area contributed by atoms with E-state index in [2.05, 4.69) is 43.0 Å². The van der Waals surface area contributed by atoms with Crippen molar-refractivity contribution in [1.29, 1.82) is 0 Å². The largest absolute Gasteiger partial charge is 0.356 e. The van der Waals surface area contributed by atoms with E-state index in [9.17, 15) is 4.79 Å². The van der Waals surface area contributed by atoms with E-state index in [4.69, 9.17) is 0 Å². The Labute approximate surface area is 166 Å². The number of fused-ring (bicyclic) bond motifs is 1. The number of rotatable bonds is 5. The maximum absolute atomic E-state index is 12.6. The van der Waals surface area contributed by atoms with Crippen molar-refractivity contribution < 1.29 is 4.79 Å². The van der Waals surface area contributed by atoms with Gasteiger partial charge in [0.2, 0.25) is 11.0 Å². The molecule has 2 aromatic heterocycles. The number of hydrogen-bond acceptors (Lipinski definition) is 8. The molecule has 2 unspecified atom stereocenters. The summed E-state index contributed by atoms with van der Waals surface area (Å²) >= 11 is 1.42. The first kappa shape index (κ1) is 18.3. The van der Waals surface area contributed by atoms with Crippen LogP contribution in [-0.4, -0.2) is 32.1 Å². The SMILES string of the molecule is CCC(C)C1Nc2nc(C)nc(Nc3nnc(-c4ccccc4)s3)c2NC1=O. The van der Waals surface area contributed by atoms with Crippen LogP contribution in [0.1, 0.15) is 26.1 Å². The van der Waals surface area contributed by atoms with Gasteiger partial charge in [-0.1, -0.05) is 61.9 Å². The van der Waals surface area contributed by atoms with Crippen LogP contribution in [0.15, 0.2) is 30.3 Å². The van der Waals surface area contributed by atoms with E-state index < -0.39 is 0 Å². The third kappa shape index (κ3) is 3.53. The van der Waals surface area contributed by atoms with E-state index in [1.807, 2.05) is 44.2 Å². The smallest absolute Gasteiger partial charge is 0.247 e. The van der Waals surface area contributed by atoms with Crippen molar-refractivity contribution >= 4 is 39.7 Å². The third-order valence-corrected chi connectivity index (χ3v) is 5.62. The molecule has 1 aliphatic rings. The van der Waals surface area contributed by atoms with Gasteiger partial charge in [0.05, 0.1) is 0 Å². The second kappa shape index (κ2) is 7.51. The van der Waals surface area contributed by atoms with Gasteiger partial charge in [0.25, 0.3) is 0 Å². The van der Waals surface area contributed by atoms with E-state index >= 15 is 0 Å². The van der Waals surface area contributed by atoms with E-state index in [0.717, 1.165) is 17.0 Å². The van der Waals surface area contributed by atoms with Crippen molar-refractivity contribution in [2.24, 2.45) is 5.92 Å². The van der Waals surface area contributed by atoms with E-state index in [1.165, 1.54) is 11.3 Å². The Kier molecular flexibility index (Phi) is 4.91. The fourth-order valence-electron chi connectivity index (χ4n) is 3.01. The minimum absolute atomic E-state index is 0.0837. The summed E-state index contributed by atoms with van der Waals surface area (Å²) < 4.78 is 0. The van der Waals surface area contributed by atoms with Crippen molar-refractivity contribution in [3.05, 3.63) is 36.2 Å². The molecule has 28 heavy (non-hydrogen) atoms. The van der Waals surface area contributed by atoms with Gasteiger partial charge in [0.1, 0.15) is 22.6 Å². The summed E-state index contributed by atoms with van der Waals surface area (Å²) in [6.45, 7) is 5.92. The molecule has 1 aromatic carbocycles. The lowest BCUT2D eigenvalue weighted by atomic mass is 9.97. The molecule has 8 nitrogen and oxygen atoms in total. The normalized spacial score (nSPS) is 16.7. The fraction of sp³-hybridized carbons (Fsp3) is 0.316. The first-order valence-electron chi connectivity index (χ1n) is 9.17. The van der Waals surface area contributed by atoms with Crippen molar-refractivity contribution in [1.82, 2.24) is 20.2 Å². The van der Waals surface area contributed by atoms with E-state index in [0.29, 0.717) is 28.3 Å². The van der Waals surface area contributed by atoms with Gasteiger partial charge < -0.3 is 16.0 Å². The van der Waals surface area contributed by atoms with Gasteiger partial charge in [-0.05, 0) is 12.8 Å². The van der Waals surface area contributed by atoms with Gasteiger partial charge in [-0.2, -0.15) is 0 Å². The lowest BCUT2D eigenvalue weighted by Gasteiger charge is -2.30. The molecule has 0 saturated carbocycles. The van der Waals surface area contributed by atoms with Crippen LogP contribution in [0.2, 0.25) is 0 Å². The number of anilines is 4. The minimum Gasteiger partial charge on any atom is -0.356 e. The highest BCUT2D eigenvalue weighted by atomic mass is 32.1. The zero-order valence-corrected chi connectivity index (χ0v) is 16.7. The number of nitrogens with one attached hydrogen (secondary N) is 3. The molecule has 0 saturated heterocycles. The molecule has 4 rings (SSSR count). The van der Waals surface area contributed by atoms with Crippen molar-refractivity contribution in [3.8, 4) is 10.6 Å². The number of aromatic nitrogens is 4. The lowest BCUT2D eigenvalue weighted by Crippen LogP contribution is -2.43. The van der Waals surface area contributed by atoms with Gasteiger partial charge in [0.15, 0.2) is 11.6 Å². The molecule has 0 aliphatic carbocycles. The van der Waals surface area contributed by atoms with Gasteiger partial charge in [-0.15, -0.1) is 10.2 Å². The summed E-state index contributed by atoms with van der Waals surface area (Å²) in [6.07, 6.45) is 0.892. The van der Waals surface area contributed by atoms with Gasteiger partial charge >= 0.3 is 0 Å². The Bertz CT molecular complexity index is 1000. The zero-order valence-electron chi connectivity index (χ0n) is 15.9. The number of aryl methyl sites for hydroxylation is 1. The van der Waals surface area contributed by atoms with Crippen LogP contribution >= 0.6 is 11.3 Å². The predicted octanol–water partition coefficient (Wildman–Crippen LogP) is 3.83. The van der Waals surface area contributed by atoms with Crippen LogP contribution in [0, 0.1) is 12.8 Å². The Hall–Kier alpha value is -3.07. The molecule has 0 bridgehead atoms. The second-order valence-corrected chi connectivity index (χ2v) is 7.72. The van der Waals surface area contributed by atoms with Crippen LogP contribution in [0.25, 0.3) is 10.6 Å². The first-order chi connectivity index (χ1) is 13.5. The van der Waals surface area contributed by atoms with Gasteiger partial charge in [-0.25, -0.2) is 9.97 Å². The predicted molar refractivity (Wildman–Crippen MR) is 111 cm³/mol. The standard InChI is InChI=1S/C19H21N7OS/c1-4-10(2)13-17(27)23-14-15(22-13)20-11(3)21-16(14)24-19-26-25-18(28-19)12-8-6-5-7-9-12/h5-10,13H,4H2,1-3H3,(H,23,27)(H2,20,21,22,24,26). The minimum atomic E-state index is -0.314. The molecule has 144 valence electrons. The third-order valence-electron chi connectivity index (χ3n) is 4.73. The molecule has 0 spiro atoms. The summed E-state index contributed by atoms with van der Waals surface area (Å²) in [4.78, 5) is 21.5. The summed E-state index contributed by atoms with van der Waals surface area (Å²) in [5.74, 6) is 1.83. The highest BCUT2D eigenvalue weighted by Gasteiger charge is 2.32. The van der Waals surface area contributed by atoms with Crippen LogP contribution in [-0.2, 0) is 4.79 Å². The second-order valence-electron chi connectivity index (χ2n) is 6.74. The lowest BCUT2D eigenvalue weighted by molar-refractivity contribution is -0.118. The summed E-state index contributed by atoms with van der Waals surface area (Å²) in [7, 11) is 0. The average molecular weight is 395 g/mol. The molecular weight excluding hydrogens is 374 g/mol. The number of carbonyl (C=O) groups is 1. The number of nitrogens with zero attached hydrogens (tertiary/aromatic N) is 4. The molecular formula is C19H21N7OS. The molecule has 1 aliphatic heterocycles. The average Bonchev–Trinajstić information content (AvgIpc) is 3.16. The fourth-order valence-corrected chi connectivity index (χ4v) is 3.76. The maximum atomic E-state index is 12.6. The monoisotopic (exact) mass is 395 g/mol. The number of carbonyl (C=O) groups excluding carboxylic acids is 1. The summed E-state index contributed by atoms with van der Waals surface area (Å²) in [6, 6.07) is 9.54. The quantitative estimate of drug-likeness (QED) is 0.603. The van der Waals surface area contributed by atoms with Crippen LogP contribution in [0.5, 0.6) is 0 Å². The zero-order chi connectivity index (χ0) is 19.7. The molecule has 3 N–H and O–H groups in total. The van der Waals surface area contributed by atoms with Gasteiger partial charge in [0, 0.05) is 5.56 Å².